The monoisotopic (exact) mass is 263 g/mol. The van der Waals surface area contributed by atoms with Gasteiger partial charge in [0.2, 0.25) is 5.91 Å². The van der Waals surface area contributed by atoms with Crippen LogP contribution in [0.25, 0.3) is 0 Å². The number of carbonyl (C=O) groups is 1. The Labute approximate surface area is 117 Å². The first-order chi connectivity index (χ1) is 9.15. The zero-order chi connectivity index (χ0) is 13.3. The fourth-order valence-electron chi connectivity index (χ4n) is 5.75. The maximum Gasteiger partial charge on any atom is 0.217 e. The number of carbonyl (C=O) groups excluding carboxylic acids is 1. The van der Waals surface area contributed by atoms with E-state index in [-0.39, 0.29) is 5.91 Å². The maximum atomic E-state index is 10.7. The van der Waals surface area contributed by atoms with Crippen molar-refractivity contribution >= 4 is 5.91 Å². The molecule has 0 spiro atoms. The van der Waals surface area contributed by atoms with E-state index < -0.39 is 0 Å². The van der Waals surface area contributed by atoms with Crippen molar-refractivity contribution in [2.75, 3.05) is 0 Å². The van der Waals surface area contributed by atoms with Gasteiger partial charge in [-0.1, -0.05) is 19.3 Å². The van der Waals surface area contributed by atoms with Gasteiger partial charge in [-0.3, -0.25) is 4.79 Å². The van der Waals surface area contributed by atoms with Gasteiger partial charge in [0.1, 0.15) is 0 Å². The summed E-state index contributed by atoms with van der Waals surface area (Å²) >= 11 is 0. The summed E-state index contributed by atoms with van der Waals surface area (Å²) < 4.78 is 0. The SMILES string of the molecule is NC(=O)CCCCCCC12CC3CC(CC(C3)C1)C2. The Balaban J connectivity index is 1.39. The minimum atomic E-state index is -0.138. The zero-order valence-electron chi connectivity index (χ0n) is 12.2. The molecule has 0 aromatic rings. The molecule has 0 atom stereocenters. The van der Waals surface area contributed by atoms with Crippen LogP contribution >= 0.6 is 0 Å². The molecule has 0 saturated heterocycles. The summed E-state index contributed by atoms with van der Waals surface area (Å²) in [5, 5.41) is 0. The van der Waals surface area contributed by atoms with Crippen LogP contribution in [0, 0.1) is 23.2 Å². The summed E-state index contributed by atoms with van der Waals surface area (Å²) in [4.78, 5) is 10.7. The van der Waals surface area contributed by atoms with Crippen LogP contribution in [0.15, 0.2) is 0 Å². The average molecular weight is 263 g/mol. The van der Waals surface area contributed by atoms with Crippen molar-refractivity contribution in [2.45, 2.75) is 77.0 Å². The van der Waals surface area contributed by atoms with Gasteiger partial charge in [-0.25, -0.2) is 0 Å². The molecule has 0 unspecified atom stereocenters. The molecular formula is C17H29NO. The summed E-state index contributed by atoms with van der Waals surface area (Å²) in [6.07, 6.45) is 16.2. The third-order valence-corrected chi connectivity index (χ3v) is 6.05. The van der Waals surface area contributed by atoms with Crippen molar-refractivity contribution < 1.29 is 4.79 Å². The summed E-state index contributed by atoms with van der Waals surface area (Å²) in [5.74, 6) is 3.12. The van der Waals surface area contributed by atoms with E-state index in [1.807, 2.05) is 0 Å². The number of hydrogen-bond acceptors (Lipinski definition) is 1. The molecule has 4 saturated carbocycles. The molecule has 2 N–H and O–H groups in total. The molecule has 0 heterocycles. The highest BCUT2D eigenvalue weighted by Gasteiger charge is 2.50. The molecule has 0 radical (unpaired) electrons. The lowest BCUT2D eigenvalue weighted by Crippen LogP contribution is -2.45. The Morgan fingerprint density at radius 3 is 1.95 bits per heavy atom. The lowest BCUT2D eigenvalue weighted by molar-refractivity contribution is -0.118. The van der Waals surface area contributed by atoms with Gasteiger partial charge in [0.25, 0.3) is 0 Å². The number of primary amides is 1. The Morgan fingerprint density at radius 1 is 0.895 bits per heavy atom. The van der Waals surface area contributed by atoms with E-state index >= 15 is 0 Å². The van der Waals surface area contributed by atoms with E-state index in [9.17, 15) is 4.79 Å². The van der Waals surface area contributed by atoms with Gasteiger partial charge in [-0.2, -0.15) is 0 Å². The third-order valence-electron chi connectivity index (χ3n) is 6.05. The van der Waals surface area contributed by atoms with Crippen LogP contribution in [0.4, 0.5) is 0 Å². The van der Waals surface area contributed by atoms with Gasteiger partial charge in [0, 0.05) is 6.42 Å². The first-order valence-electron chi connectivity index (χ1n) is 8.43. The molecular weight excluding hydrogens is 234 g/mol. The van der Waals surface area contributed by atoms with Gasteiger partial charge >= 0.3 is 0 Å². The Hall–Kier alpha value is -0.530. The van der Waals surface area contributed by atoms with Crippen molar-refractivity contribution in [3.63, 3.8) is 0 Å². The molecule has 1 amide bonds. The standard InChI is InChI=1S/C17H29NO/c18-16(19)5-3-1-2-4-6-17-10-13-7-14(11-17)9-15(8-13)12-17/h13-15H,1-12H2,(H2,18,19). The average Bonchev–Trinajstić information content (AvgIpc) is 2.31. The molecule has 0 aromatic carbocycles. The van der Waals surface area contributed by atoms with Crippen LogP contribution in [-0.2, 0) is 4.79 Å². The molecule has 0 aliphatic heterocycles. The summed E-state index contributed by atoms with van der Waals surface area (Å²) in [5.41, 5.74) is 5.92. The molecule has 4 bridgehead atoms. The third kappa shape index (κ3) is 3.14. The van der Waals surface area contributed by atoms with Crippen molar-refractivity contribution in [1.29, 1.82) is 0 Å². The van der Waals surface area contributed by atoms with E-state index in [2.05, 4.69) is 0 Å². The van der Waals surface area contributed by atoms with Crippen molar-refractivity contribution in [1.82, 2.24) is 0 Å². The molecule has 4 aliphatic carbocycles. The number of rotatable bonds is 7. The predicted molar refractivity (Wildman–Crippen MR) is 77.5 cm³/mol. The van der Waals surface area contributed by atoms with Crippen LogP contribution in [0.5, 0.6) is 0 Å². The predicted octanol–water partition coefficient (Wildman–Crippen LogP) is 4.03. The number of unbranched alkanes of at least 4 members (excludes halogenated alkanes) is 3. The van der Waals surface area contributed by atoms with Crippen LogP contribution in [0.2, 0.25) is 0 Å². The largest absolute Gasteiger partial charge is 0.370 e. The van der Waals surface area contributed by atoms with Crippen LogP contribution in [0.1, 0.15) is 77.0 Å². The van der Waals surface area contributed by atoms with E-state index in [0.717, 1.165) is 29.6 Å². The second-order valence-electron chi connectivity index (χ2n) is 7.80. The quantitative estimate of drug-likeness (QED) is 0.692. The molecule has 2 nitrogen and oxygen atoms in total. The van der Waals surface area contributed by atoms with Crippen molar-refractivity contribution in [3.05, 3.63) is 0 Å². The van der Waals surface area contributed by atoms with Crippen molar-refractivity contribution in [3.8, 4) is 0 Å². The van der Waals surface area contributed by atoms with Crippen molar-refractivity contribution in [2.24, 2.45) is 28.9 Å². The Kier molecular flexibility index (Phi) is 3.86. The van der Waals surface area contributed by atoms with Gasteiger partial charge in [0.05, 0.1) is 0 Å². The summed E-state index contributed by atoms with van der Waals surface area (Å²) in [6.45, 7) is 0. The van der Waals surface area contributed by atoms with E-state index in [1.165, 1.54) is 25.7 Å². The lowest BCUT2D eigenvalue weighted by Gasteiger charge is -2.57. The van der Waals surface area contributed by atoms with Gasteiger partial charge in [-0.15, -0.1) is 0 Å². The second kappa shape index (κ2) is 5.46. The number of hydrogen-bond donors (Lipinski definition) is 1. The minimum absolute atomic E-state index is 0.138. The number of amides is 1. The highest BCUT2D eigenvalue weighted by molar-refractivity contribution is 5.73. The van der Waals surface area contributed by atoms with Crippen LogP contribution in [-0.4, -0.2) is 5.91 Å². The molecule has 4 fully saturated rings. The van der Waals surface area contributed by atoms with E-state index in [0.29, 0.717) is 6.42 Å². The van der Waals surface area contributed by atoms with Gasteiger partial charge in [0.15, 0.2) is 0 Å². The van der Waals surface area contributed by atoms with E-state index in [4.69, 9.17) is 5.73 Å². The molecule has 4 rings (SSSR count). The molecule has 0 aromatic heterocycles. The number of nitrogens with two attached hydrogens (primary N) is 1. The molecule has 2 heteroatoms. The first kappa shape index (κ1) is 13.5. The normalized spacial score (nSPS) is 39.7. The summed E-state index contributed by atoms with van der Waals surface area (Å²) in [7, 11) is 0. The topological polar surface area (TPSA) is 43.1 Å². The van der Waals surface area contributed by atoms with Gasteiger partial charge in [-0.05, 0) is 74.5 Å². The highest BCUT2D eigenvalue weighted by Crippen LogP contribution is 2.61. The fraction of sp³-hybridized carbons (Fsp3) is 0.941. The smallest absolute Gasteiger partial charge is 0.217 e. The first-order valence-corrected chi connectivity index (χ1v) is 8.43. The molecule has 4 aliphatic rings. The molecule has 108 valence electrons. The van der Waals surface area contributed by atoms with E-state index in [1.54, 1.807) is 38.5 Å². The summed E-state index contributed by atoms with van der Waals surface area (Å²) in [6, 6.07) is 0. The van der Waals surface area contributed by atoms with Crippen LogP contribution in [0.3, 0.4) is 0 Å². The Morgan fingerprint density at radius 2 is 1.42 bits per heavy atom. The van der Waals surface area contributed by atoms with Crippen LogP contribution < -0.4 is 5.73 Å². The maximum absolute atomic E-state index is 10.7. The molecule has 19 heavy (non-hydrogen) atoms. The zero-order valence-corrected chi connectivity index (χ0v) is 12.2. The van der Waals surface area contributed by atoms with Gasteiger partial charge < -0.3 is 5.73 Å². The second-order valence-corrected chi connectivity index (χ2v) is 7.80. The fourth-order valence-corrected chi connectivity index (χ4v) is 5.75. The lowest BCUT2D eigenvalue weighted by atomic mass is 9.48. The highest BCUT2D eigenvalue weighted by atomic mass is 16.1. The Bertz CT molecular complexity index is 301. The minimum Gasteiger partial charge on any atom is -0.370 e.